The maximum absolute atomic E-state index is 13.8. The molecule has 1 unspecified atom stereocenters. The molecule has 0 aliphatic heterocycles. The van der Waals surface area contributed by atoms with Crippen molar-refractivity contribution in [1.82, 2.24) is 5.32 Å². The summed E-state index contributed by atoms with van der Waals surface area (Å²) in [6, 6.07) is 9.31. The molecule has 0 bridgehead atoms. The van der Waals surface area contributed by atoms with E-state index in [9.17, 15) is 4.39 Å². The molecular weight excluding hydrogens is 281 g/mol. The Morgan fingerprint density at radius 1 is 1.32 bits per heavy atom. The average Bonchev–Trinajstić information content (AvgIpc) is 2.86. The van der Waals surface area contributed by atoms with Gasteiger partial charge in [-0.15, -0.1) is 11.3 Å². The normalized spacial score (nSPS) is 12.6. The lowest BCUT2D eigenvalue weighted by Crippen LogP contribution is -2.33. The van der Waals surface area contributed by atoms with Crippen molar-refractivity contribution in [1.29, 1.82) is 0 Å². The Labute approximate surface area is 122 Å². The topological polar surface area (TPSA) is 12.0 Å². The highest BCUT2D eigenvalue weighted by molar-refractivity contribution is 7.09. The minimum atomic E-state index is -0.221. The molecule has 102 valence electrons. The molecule has 1 N–H and O–H groups in total. The first-order valence-corrected chi connectivity index (χ1v) is 7.64. The van der Waals surface area contributed by atoms with Crippen LogP contribution in [0.5, 0.6) is 0 Å². The van der Waals surface area contributed by atoms with Crippen LogP contribution in [0.2, 0.25) is 5.02 Å². The van der Waals surface area contributed by atoms with Crippen molar-refractivity contribution in [3.05, 3.63) is 57.0 Å². The monoisotopic (exact) mass is 297 g/mol. The van der Waals surface area contributed by atoms with Gasteiger partial charge in [0.2, 0.25) is 0 Å². The summed E-state index contributed by atoms with van der Waals surface area (Å²) < 4.78 is 13.8. The van der Waals surface area contributed by atoms with Gasteiger partial charge < -0.3 is 5.32 Å². The number of rotatable bonds is 6. The van der Waals surface area contributed by atoms with Gasteiger partial charge >= 0.3 is 0 Å². The molecule has 1 heterocycles. The van der Waals surface area contributed by atoms with E-state index in [4.69, 9.17) is 11.6 Å². The average molecular weight is 298 g/mol. The van der Waals surface area contributed by atoms with Gasteiger partial charge in [-0.25, -0.2) is 4.39 Å². The fourth-order valence-electron chi connectivity index (χ4n) is 2.13. The van der Waals surface area contributed by atoms with Crippen LogP contribution in [-0.2, 0) is 12.8 Å². The van der Waals surface area contributed by atoms with Gasteiger partial charge in [0, 0.05) is 15.9 Å². The molecular formula is C15H17ClFNS. The molecule has 1 atom stereocenters. The Kier molecular flexibility index (Phi) is 5.37. The van der Waals surface area contributed by atoms with Gasteiger partial charge in [0.25, 0.3) is 0 Å². The second-order valence-corrected chi connectivity index (χ2v) is 5.95. The number of benzene rings is 1. The van der Waals surface area contributed by atoms with E-state index in [1.54, 1.807) is 23.5 Å². The second-order valence-electron chi connectivity index (χ2n) is 4.48. The largest absolute Gasteiger partial charge is 0.314 e. The number of thiophene rings is 1. The van der Waals surface area contributed by atoms with Crippen molar-refractivity contribution in [2.24, 2.45) is 0 Å². The molecule has 1 aromatic heterocycles. The molecule has 0 amide bonds. The van der Waals surface area contributed by atoms with E-state index in [2.05, 4.69) is 23.7 Å². The maximum Gasteiger partial charge on any atom is 0.127 e. The predicted octanol–water partition coefficient (Wildman–Crippen LogP) is 4.30. The number of hydrogen-bond donors (Lipinski definition) is 1. The van der Waals surface area contributed by atoms with Crippen LogP contribution < -0.4 is 5.32 Å². The number of halogens is 2. The lowest BCUT2D eigenvalue weighted by atomic mass is 10.0. The molecule has 0 spiro atoms. The fraction of sp³-hybridized carbons (Fsp3) is 0.333. The summed E-state index contributed by atoms with van der Waals surface area (Å²) in [6.07, 6.45) is 1.60. The van der Waals surface area contributed by atoms with Crippen LogP contribution in [0.1, 0.15) is 17.4 Å². The van der Waals surface area contributed by atoms with Crippen molar-refractivity contribution < 1.29 is 4.39 Å². The molecule has 1 nitrogen and oxygen atoms in total. The zero-order chi connectivity index (χ0) is 13.7. The zero-order valence-electron chi connectivity index (χ0n) is 10.8. The van der Waals surface area contributed by atoms with Gasteiger partial charge in [0.05, 0.1) is 0 Å². The van der Waals surface area contributed by atoms with Crippen molar-refractivity contribution in [3.8, 4) is 0 Å². The molecule has 0 fully saturated rings. The second kappa shape index (κ2) is 7.04. The third kappa shape index (κ3) is 4.30. The minimum Gasteiger partial charge on any atom is -0.314 e. The summed E-state index contributed by atoms with van der Waals surface area (Å²) in [4.78, 5) is 1.32. The van der Waals surface area contributed by atoms with E-state index < -0.39 is 0 Å². The summed E-state index contributed by atoms with van der Waals surface area (Å²) in [6.45, 7) is 2.95. The Morgan fingerprint density at radius 2 is 2.16 bits per heavy atom. The van der Waals surface area contributed by atoms with Crippen LogP contribution >= 0.6 is 22.9 Å². The lowest BCUT2D eigenvalue weighted by Gasteiger charge is -2.17. The molecule has 2 aromatic rings. The van der Waals surface area contributed by atoms with Crippen LogP contribution in [0.25, 0.3) is 0 Å². The minimum absolute atomic E-state index is 0.221. The quantitative estimate of drug-likeness (QED) is 0.838. The number of likely N-dealkylation sites (N-methyl/N-ethyl adjacent to an activating group) is 1. The molecule has 4 heteroatoms. The SMILES string of the molecule is CCNC(Cc1cccs1)Cc1ccc(Cl)cc1F. The van der Waals surface area contributed by atoms with Crippen molar-refractivity contribution in [2.75, 3.05) is 6.54 Å². The molecule has 0 aliphatic rings. The van der Waals surface area contributed by atoms with E-state index in [0.29, 0.717) is 17.0 Å². The first-order chi connectivity index (χ1) is 9.19. The highest BCUT2D eigenvalue weighted by atomic mass is 35.5. The van der Waals surface area contributed by atoms with Crippen LogP contribution in [0.4, 0.5) is 4.39 Å². The predicted molar refractivity (Wildman–Crippen MR) is 80.6 cm³/mol. The molecule has 2 rings (SSSR count). The molecule has 1 aromatic carbocycles. The van der Waals surface area contributed by atoms with Crippen LogP contribution in [-0.4, -0.2) is 12.6 Å². The van der Waals surface area contributed by atoms with Crippen molar-refractivity contribution >= 4 is 22.9 Å². The van der Waals surface area contributed by atoms with E-state index in [0.717, 1.165) is 13.0 Å². The zero-order valence-corrected chi connectivity index (χ0v) is 12.4. The summed E-state index contributed by atoms with van der Waals surface area (Å²) in [5.41, 5.74) is 0.715. The van der Waals surface area contributed by atoms with Gasteiger partial charge in [0.15, 0.2) is 0 Å². The molecule has 0 aliphatic carbocycles. The van der Waals surface area contributed by atoms with Crippen LogP contribution in [0.3, 0.4) is 0 Å². The first-order valence-electron chi connectivity index (χ1n) is 6.38. The number of hydrogen-bond acceptors (Lipinski definition) is 2. The van der Waals surface area contributed by atoms with E-state index in [1.807, 2.05) is 6.07 Å². The van der Waals surface area contributed by atoms with Crippen molar-refractivity contribution in [2.45, 2.75) is 25.8 Å². The fourth-order valence-corrected chi connectivity index (χ4v) is 3.07. The van der Waals surface area contributed by atoms with Gasteiger partial charge in [-0.3, -0.25) is 0 Å². The summed E-state index contributed by atoms with van der Waals surface area (Å²) >= 11 is 7.52. The van der Waals surface area contributed by atoms with E-state index >= 15 is 0 Å². The Bertz CT molecular complexity index is 513. The maximum atomic E-state index is 13.8. The van der Waals surface area contributed by atoms with Crippen LogP contribution in [0.15, 0.2) is 35.7 Å². The van der Waals surface area contributed by atoms with E-state index in [1.165, 1.54) is 10.9 Å². The van der Waals surface area contributed by atoms with Gasteiger partial charge in [-0.2, -0.15) is 0 Å². The Balaban J connectivity index is 2.07. The van der Waals surface area contributed by atoms with E-state index in [-0.39, 0.29) is 11.9 Å². The Hall–Kier alpha value is -0.900. The third-order valence-electron chi connectivity index (χ3n) is 3.00. The third-order valence-corrected chi connectivity index (χ3v) is 4.14. The highest BCUT2D eigenvalue weighted by Crippen LogP contribution is 2.18. The molecule has 0 saturated carbocycles. The summed E-state index contributed by atoms with van der Waals surface area (Å²) in [5, 5.41) is 5.93. The molecule has 0 saturated heterocycles. The van der Waals surface area contributed by atoms with Gasteiger partial charge in [-0.05, 0) is 48.5 Å². The van der Waals surface area contributed by atoms with Crippen molar-refractivity contribution in [3.63, 3.8) is 0 Å². The van der Waals surface area contributed by atoms with Gasteiger partial charge in [-0.1, -0.05) is 30.7 Å². The van der Waals surface area contributed by atoms with Gasteiger partial charge in [0.1, 0.15) is 5.82 Å². The summed E-state index contributed by atoms with van der Waals surface area (Å²) in [7, 11) is 0. The smallest absolute Gasteiger partial charge is 0.127 e. The van der Waals surface area contributed by atoms with Crippen LogP contribution in [0, 0.1) is 5.82 Å². The molecule has 0 radical (unpaired) electrons. The number of nitrogens with one attached hydrogen (secondary N) is 1. The standard InChI is InChI=1S/C15H17ClFNS/c1-2-18-13(10-14-4-3-7-19-14)8-11-5-6-12(16)9-15(11)17/h3-7,9,13,18H,2,8,10H2,1H3. The summed E-state index contributed by atoms with van der Waals surface area (Å²) in [5.74, 6) is -0.221. The lowest BCUT2D eigenvalue weighted by molar-refractivity contribution is 0.508. The molecule has 19 heavy (non-hydrogen) atoms. The Morgan fingerprint density at radius 3 is 2.79 bits per heavy atom. The first kappa shape index (κ1) is 14.5. The highest BCUT2D eigenvalue weighted by Gasteiger charge is 2.13.